The quantitative estimate of drug-likeness (QED) is 0.0994. The second-order valence-corrected chi connectivity index (χ2v) is 8.55. The third-order valence-electron chi connectivity index (χ3n) is 5.90. The molecule has 0 spiro atoms. The van der Waals surface area contributed by atoms with Crippen LogP contribution in [-0.4, -0.2) is 55.0 Å². The lowest BCUT2D eigenvalue weighted by Crippen LogP contribution is -2.44. The Kier molecular flexibility index (Phi) is 7.67. The molecule has 0 saturated heterocycles. The number of rotatable bonds is 11. The van der Waals surface area contributed by atoms with Gasteiger partial charge in [-0.25, -0.2) is 9.97 Å². The van der Waals surface area contributed by atoms with E-state index in [9.17, 15) is 14.7 Å². The van der Waals surface area contributed by atoms with Crippen LogP contribution in [0.1, 0.15) is 28.8 Å². The summed E-state index contributed by atoms with van der Waals surface area (Å²) in [5.74, 6) is -0.217. The number of aliphatic imine (C=N–C) groups is 1. The summed E-state index contributed by atoms with van der Waals surface area (Å²) < 4.78 is 2.05. The van der Waals surface area contributed by atoms with E-state index in [2.05, 4.69) is 20.3 Å². The summed E-state index contributed by atoms with van der Waals surface area (Å²) in [5.41, 5.74) is 19.7. The molecule has 0 aliphatic carbocycles. The highest BCUT2D eigenvalue weighted by molar-refractivity contribution is 6.00. The van der Waals surface area contributed by atoms with Gasteiger partial charge in [0.15, 0.2) is 11.8 Å². The van der Waals surface area contributed by atoms with Crippen molar-refractivity contribution in [1.82, 2.24) is 24.8 Å². The maximum absolute atomic E-state index is 12.9. The molecule has 192 valence electrons. The van der Waals surface area contributed by atoms with Crippen molar-refractivity contribution >= 4 is 28.8 Å². The monoisotopic (exact) mass is 503 g/mol. The number of guanidine groups is 1. The van der Waals surface area contributed by atoms with E-state index < -0.39 is 17.9 Å². The Morgan fingerprint density at radius 3 is 2.59 bits per heavy atom. The van der Waals surface area contributed by atoms with Crippen LogP contribution in [0.25, 0.3) is 22.6 Å². The zero-order chi connectivity index (χ0) is 26.4. The van der Waals surface area contributed by atoms with Crippen LogP contribution in [0.3, 0.4) is 0 Å². The van der Waals surface area contributed by atoms with E-state index in [-0.39, 0.29) is 11.7 Å². The number of nitrogens with two attached hydrogens (primary N) is 3. The maximum atomic E-state index is 12.9. The zero-order valence-corrected chi connectivity index (χ0v) is 20.1. The van der Waals surface area contributed by atoms with Crippen molar-refractivity contribution in [3.63, 3.8) is 0 Å². The standard InChI is InChI=1S/C25H29N9O3/c26-22(36)18(2-1-10-30-25(27)28)33-24(37)16-5-8-21-19(12-16)32-23(20-13-29-14-31-20)34(21)11-9-15-3-6-17(35)7-4-15/h3-8,12-14,18,35H,1-2,9-11H2,(H2,26,36)(H,29,31)(H,33,37)(H4,27,28,30)/t18-/m0/s1. The van der Waals surface area contributed by atoms with Crippen LogP contribution in [0.4, 0.5) is 0 Å². The highest BCUT2D eigenvalue weighted by Gasteiger charge is 2.20. The molecular weight excluding hydrogens is 474 g/mol. The topological polar surface area (TPSA) is 203 Å². The van der Waals surface area contributed by atoms with Crippen LogP contribution >= 0.6 is 0 Å². The van der Waals surface area contributed by atoms with Crippen molar-refractivity contribution in [2.75, 3.05) is 6.54 Å². The highest BCUT2D eigenvalue weighted by Crippen LogP contribution is 2.25. The van der Waals surface area contributed by atoms with Gasteiger partial charge in [-0.3, -0.25) is 14.6 Å². The lowest BCUT2D eigenvalue weighted by atomic mass is 10.1. The zero-order valence-electron chi connectivity index (χ0n) is 20.1. The van der Waals surface area contributed by atoms with Gasteiger partial charge in [0.05, 0.1) is 23.6 Å². The number of fused-ring (bicyclic) bond motifs is 1. The number of primary amides is 1. The van der Waals surface area contributed by atoms with Gasteiger partial charge >= 0.3 is 0 Å². The molecule has 12 heteroatoms. The lowest BCUT2D eigenvalue weighted by molar-refractivity contribution is -0.120. The summed E-state index contributed by atoms with van der Waals surface area (Å²) in [6.07, 6.45) is 4.75. The number of carbonyl (C=O) groups excluding carboxylic acids is 2. The Balaban J connectivity index is 1.56. The number of aromatic hydroxyl groups is 1. The van der Waals surface area contributed by atoms with Gasteiger partial charge in [-0.1, -0.05) is 12.1 Å². The van der Waals surface area contributed by atoms with Crippen molar-refractivity contribution < 1.29 is 14.7 Å². The third-order valence-corrected chi connectivity index (χ3v) is 5.90. The Morgan fingerprint density at radius 2 is 1.92 bits per heavy atom. The molecule has 0 bridgehead atoms. The van der Waals surface area contributed by atoms with Crippen LogP contribution in [0, 0.1) is 0 Å². The van der Waals surface area contributed by atoms with E-state index in [4.69, 9.17) is 22.2 Å². The SMILES string of the molecule is NC(=O)[C@H](CCCN=C(N)N)NC(=O)c1ccc2c(c1)nc(-c1cnc[nH]1)n2CCc1ccc(O)cc1. The molecule has 0 radical (unpaired) electrons. The first-order valence-electron chi connectivity index (χ1n) is 11.7. The summed E-state index contributed by atoms with van der Waals surface area (Å²) in [5, 5.41) is 12.2. The molecule has 0 saturated carbocycles. The Labute approximate surface area is 212 Å². The van der Waals surface area contributed by atoms with Crippen molar-refractivity contribution in [2.45, 2.75) is 31.8 Å². The van der Waals surface area contributed by atoms with Gasteiger partial charge in [0.1, 0.15) is 17.5 Å². The molecular formula is C25H29N9O3. The van der Waals surface area contributed by atoms with Gasteiger partial charge in [-0.2, -0.15) is 0 Å². The molecule has 0 aliphatic rings. The first-order valence-corrected chi connectivity index (χ1v) is 11.7. The highest BCUT2D eigenvalue weighted by atomic mass is 16.3. The number of nitrogens with one attached hydrogen (secondary N) is 2. The number of phenolic OH excluding ortho intramolecular Hbond substituents is 1. The third kappa shape index (κ3) is 6.23. The summed E-state index contributed by atoms with van der Waals surface area (Å²) in [4.78, 5) is 40.6. The molecule has 2 heterocycles. The average Bonchev–Trinajstić information content (AvgIpc) is 3.52. The van der Waals surface area contributed by atoms with Crippen molar-refractivity contribution in [3.8, 4) is 17.3 Å². The fourth-order valence-electron chi connectivity index (χ4n) is 4.02. The van der Waals surface area contributed by atoms with Gasteiger partial charge in [-0.15, -0.1) is 0 Å². The summed E-state index contributed by atoms with van der Waals surface area (Å²) in [6.45, 7) is 0.937. The molecule has 37 heavy (non-hydrogen) atoms. The summed E-state index contributed by atoms with van der Waals surface area (Å²) >= 11 is 0. The van der Waals surface area contributed by atoms with E-state index in [0.717, 1.165) is 16.8 Å². The minimum absolute atomic E-state index is 0.0371. The number of nitrogens with zero attached hydrogens (tertiary/aromatic N) is 4. The smallest absolute Gasteiger partial charge is 0.252 e. The Hall–Kier alpha value is -4.87. The molecule has 0 fully saturated rings. The fraction of sp³-hybridized carbons (Fsp3) is 0.240. The number of hydrogen-bond acceptors (Lipinski definition) is 6. The number of imidazole rings is 2. The number of H-pyrrole nitrogens is 1. The molecule has 4 rings (SSSR count). The molecule has 2 aromatic carbocycles. The first kappa shape index (κ1) is 25.2. The van der Waals surface area contributed by atoms with Gasteiger partial charge in [0.2, 0.25) is 5.91 Å². The number of aromatic amines is 1. The number of hydrogen-bond donors (Lipinski definition) is 6. The average molecular weight is 504 g/mol. The molecule has 0 unspecified atom stereocenters. The second-order valence-electron chi connectivity index (χ2n) is 8.55. The summed E-state index contributed by atoms with van der Waals surface area (Å²) in [6, 6.07) is 11.4. The first-order chi connectivity index (χ1) is 17.8. The molecule has 4 aromatic rings. The number of carbonyl (C=O) groups is 2. The van der Waals surface area contributed by atoms with Crippen molar-refractivity contribution in [1.29, 1.82) is 0 Å². The van der Waals surface area contributed by atoms with Gasteiger partial charge in [0.25, 0.3) is 5.91 Å². The molecule has 1 atom stereocenters. The number of amides is 2. The van der Waals surface area contributed by atoms with Gasteiger partial charge < -0.3 is 37.2 Å². The summed E-state index contributed by atoms with van der Waals surface area (Å²) in [7, 11) is 0. The van der Waals surface area contributed by atoms with E-state index in [1.54, 1.807) is 36.8 Å². The van der Waals surface area contributed by atoms with Crippen LogP contribution in [0.15, 0.2) is 60.0 Å². The maximum Gasteiger partial charge on any atom is 0.252 e. The predicted molar refractivity (Wildman–Crippen MR) is 139 cm³/mol. The predicted octanol–water partition coefficient (Wildman–Crippen LogP) is 1.01. The number of phenols is 1. The lowest BCUT2D eigenvalue weighted by Gasteiger charge is -2.15. The number of aromatic nitrogens is 4. The largest absolute Gasteiger partial charge is 0.508 e. The van der Waals surface area contributed by atoms with Gasteiger partial charge in [-0.05, 0) is 55.2 Å². The van der Waals surface area contributed by atoms with Crippen LogP contribution < -0.4 is 22.5 Å². The minimum atomic E-state index is -0.860. The second kappa shape index (κ2) is 11.2. The normalized spacial score (nSPS) is 11.8. The molecule has 9 N–H and O–H groups in total. The molecule has 2 aromatic heterocycles. The number of aryl methyl sites for hydroxylation is 2. The molecule has 2 amide bonds. The van der Waals surface area contributed by atoms with E-state index in [0.29, 0.717) is 49.3 Å². The van der Waals surface area contributed by atoms with E-state index in [1.807, 2.05) is 22.8 Å². The van der Waals surface area contributed by atoms with Crippen LogP contribution in [0.5, 0.6) is 5.75 Å². The fourth-order valence-corrected chi connectivity index (χ4v) is 4.02. The van der Waals surface area contributed by atoms with E-state index in [1.165, 1.54) is 0 Å². The Bertz CT molecular complexity index is 1410. The minimum Gasteiger partial charge on any atom is -0.508 e. The molecule has 12 nitrogen and oxygen atoms in total. The van der Waals surface area contributed by atoms with Crippen molar-refractivity contribution in [3.05, 3.63) is 66.1 Å². The van der Waals surface area contributed by atoms with Crippen molar-refractivity contribution in [2.24, 2.45) is 22.2 Å². The Morgan fingerprint density at radius 1 is 1.14 bits per heavy atom. The van der Waals surface area contributed by atoms with Crippen LogP contribution in [-0.2, 0) is 17.8 Å². The van der Waals surface area contributed by atoms with Gasteiger partial charge in [0, 0.05) is 18.7 Å². The van der Waals surface area contributed by atoms with E-state index >= 15 is 0 Å². The number of benzene rings is 2. The molecule has 0 aliphatic heterocycles. The van der Waals surface area contributed by atoms with Crippen LogP contribution in [0.2, 0.25) is 0 Å².